The van der Waals surface area contributed by atoms with Gasteiger partial charge in [0.05, 0.1) is 11.6 Å². The molecule has 0 bridgehead atoms. The summed E-state index contributed by atoms with van der Waals surface area (Å²) in [4.78, 5) is 10.8. The van der Waals surface area contributed by atoms with Gasteiger partial charge in [-0.3, -0.25) is 4.98 Å². The molecule has 26 heavy (non-hydrogen) atoms. The minimum Gasteiger partial charge on any atom is -0.361 e. The van der Waals surface area contributed by atoms with Crippen molar-refractivity contribution in [3.8, 4) is 6.07 Å². The fraction of sp³-hybridized carbons (Fsp3) is 0.200. The van der Waals surface area contributed by atoms with Crippen LogP contribution >= 0.6 is 27.7 Å². The molecule has 2 aromatic heterocycles. The molecule has 1 aromatic carbocycles. The van der Waals surface area contributed by atoms with Gasteiger partial charge in [-0.2, -0.15) is 5.26 Å². The van der Waals surface area contributed by atoms with Crippen LogP contribution in [0.1, 0.15) is 11.1 Å². The van der Waals surface area contributed by atoms with E-state index in [1.807, 2.05) is 42.7 Å². The normalized spacial score (nSPS) is 11.9. The number of H-pyrrole nitrogens is 1. The Morgan fingerprint density at radius 3 is 3.00 bits per heavy atom. The molecule has 3 aromatic rings. The first kappa shape index (κ1) is 18.7. The van der Waals surface area contributed by atoms with Gasteiger partial charge in [-0.1, -0.05) is 15.9 Å². The first-order valence-electron chi connectivity index (χ1n) is 8.19. The van der Waals surface area contributed by atoms with Gasteiger partial charge < -0.3 is 9.88 Å². The summed E-state index contributed by atoms with van der Waals surface area (Å²) in [5.41, 5.74) is 3.50. The molecule has 0 spiro atoms. The minimum atomic E-state index is 0.622. The molecule has 1 N–H and O–H groups in total. The number of fused-ring (bicyclic) bond motifs is 1. The van der Waals surface area contributed by atoms with E-state index in [1.54, 1.807) is 18.0 Å². The summed E-state index contributed by atoms with van der Waals surface area (Å²) in [6, 6.07) is 10.4. The molecule has 0 saturated heterocycles. The van der Waals surface area contributed by atoms with E-state index >= 15 is 0 Å². The van der Waals surface area contributed by atoms with Crippen molar-refractivity contribution >= 4 is 50.2 Å². The van der Waals surface area contributed by atoms with Crippen LogP contribution in [-0.2, 0) is 0 Å². The molecule has 0 saturated carbocycles. The van der Waals surface area contributed by atoms with Gasteiger partial charge in [0.2, 0.25) is 0 Å². The third-order valence-electron chi connectivity index (χ3n) is 3.96. The number of pyridine rings is 1. The molecule has 0 aliphatic heterocycles. The first-order valence-corrected chi connectivity index (χ1v) is 9.96. The second-order valence-corrected chi connectivity index (χ2v) is 8.18. The van der Waals surface area contributed by atoms with Crippen molar-refractivity contribution in [2.75, 3.05) is 26.4 Å². The van der Waals surface area contributed by atoms with Gasteiger partial charge in [-0.05, 0) is 44.4 Å². The van der Waals surface area contributed by atoms with Crippen LogP contribution in [0.2, 0.25) is 0 Å². The van der Waals surface area contributed by atoms with Gasteiger partial charge in [0.15, 0.2) is 0 Å². The molecule has 0 fully saturated rings. The number of thioether (sulfide) groups is 1. The molecule has 132 valence electrons. The lowest BCUT2D eigenvalue weighted by atomic mass is 10.0. The Morgan fingerprint density at radius 1 is 1.38 bits per heavy atom. The Kier molecular flexibility index (Phi) is 6.15. The molecule has 0 amide bonds. The zero-order valence-corrected chi connectivity index (χ0v) is 17.1. The highest BCUT2D eigenvalue weighted by atomic mass is 79.9. The Balaban J connectivity index is 1.97. The number of hydrogen-bond acceptors (Lipinski definition) is 4. The number of hydrogen-bond donors (Lipinski definition) is 1. The number of nitriles is 1. The van der Waals surface area contributed by atoms with Gasteiger partial charge >= 0.3 is 0 Å². The molecule has 2 heterocycles. The van der Waals surface area contributed by atoms with Gasteiger partial charge in [0.25, 0.3) is 0 Å². The summed E-state index contributed by atoms with van der Waals surface area (Å²) >= 11 is 5.29. The summed E-state index contributed by atoms with van der Waals surface area (Å²) in [7, 11) is 4.13. The van der Waals surface area contributed by atoms with Crippen LogP contribution in [0.3, 0.4) is 0 Å². The van der Waals surface area contributed by atoms with Gasteiger partial charge in [-0.15, -0.1) is 11.8 Å². The summed E-state index contributed by atoms with van der Waals surface area (Å²) in [5, 5.41) is 10.8. The number of aromatic nitrogens is 2. The topological polar surface area (TPSA) is 55.7 Å². The quantitative estimate of drug-likeness (QED) is 0.442. The number of halogens is 1. The van der Waals surface area contributed by atoms with Crippen molar-refractivity contribution < 1.29 is 0 Å². The van der Waals surface area contributed by atoms with E-state index < -0.39 is 0 Å². The Labute approximate surface area is 166 Å². The summed E-state index contributed by atoms with van der Waals surface area (Å²) < 4.78 is 0.990. The molecule has 3 rings (SSSR count). The van der Waals surface area contributed by atoms with Crippen LogP contribution in [0.4, 0.5) is 0 Å². The predicted octanol–water partition coefficient (Wildman–Crippen LogP) is 5.04. The average molecular weight is 427 g/mol. The molecule has 0 radical (unpaired) electrons. The van der Waals surface area contributed by atoms with Gasteiger partial charge in [0, 0.05) is 62.3 Å². The second kappa shape index (κ2) is 8.54. The van der Waals surface area contributed by atoms with Crippen LogP contribution in [0.15, 0.2) is 52.2 Å². The zero-order chi connectivity index (χ0) is 18.5. The van der Waals surface area contributed by atoms with E-state index in [1.165, 1.54) is 0 Å². The predicted molar refractivity (Wildman–Crippen MR) is 113 cm³/mol. The minimum absolute atomic E-state index is 0.622. The standard InChI is InChI=1S/C20H19BrN4S/c1-25(2)7-8-26-20-5-6-23-12-15(20)9-14(11-22)18-13-24-19-4-3-16(21)10-17(18)19/h3-6,9-10,12-13,24H,7-8H2,1-2H3. The number of allylic oxidation sites excluding steroid dienone is 1. The van der Waals surface area contributed by atoms with Crippen molar-refractivity contribution in [3.63, 3.8) is 0 Å². The van der Waals surface area contributed by atoms with E-state index in [4.69, 9.17) is 0 Å². The number of aromatic amines is 1. The van der Waals surface area contributed by atoms with Crippen LogP contribution < -0.4 is 0 Å². The molecule has 0 aliphatic rings. The lowest BCUT2D eigenvalue weighted by Gasteiger charge is -2.10. The molecule has 0 aliphatic carbocycles. The molecule has 0 unspecified atom stereocenters. The average Bonchev–Trinajstić information content (AvgIpc) is 3.03. The molecule has 6 heteroatoms. The number of benzene rings is 1. The summed E-state index contributed by atoms with van der Waals surface area (Å²) in [6.45, 7) is 0.998. The number of rotatable bonds is 6. The zero-order valence-electron chi connectivity index (χ0n) is 14.7. The van der Waals surface area contributed by atoms with Crippen LogP contribution in [0.25, 0.3) is 22.6 Å². The Hall–Kier alpha value is -2.07. The fourth-order valence-corrected chi connectivity index (χ4v) is 4.09. The highest BCUT2D eigenvalue weighted by Gasteiger charge is 2.11. The maximum atomic E-state index is 9.75. The number of nitrogens with zero attached hydrogens (tertiary/aromatic N) is 3. The fourth-order valence-electron chi connectivity index (χ4n) is 2.61. The van der Waals surface area contributed by atoms with Crippen LogP contribution in [0.5, 0.6) is 0 Å². The van der Waals surface area contributed by atoms with Crippen molar-refractivity contribution in [3.05, 3.63) is 58.5 Å². The first-order chi connectivity index (χ1) is 12.6. The molecule has 0 atom stereocenters. The van der Waals surface area contributed by atoms with Crippen LogP contribution in [0, 0.1) is 11.3 Å². The van der Waals surface area contributed by atoms with E-state index in [-0.39, 0.29) is 0 Å². The Morgan fingerprint density at radius 2 is 2.23 bits per heavy atom. The largest absolute Gasteiger partial charge is 0.361 e. The molecular weight excluding hydrogens is 408 g/mol. The van der Waals surface area contributed by atoms with Crippen molar-refractivity contribution in [2.45, 2.75) is 4.90 Å². The van der Waals surface area contributed by atoms with E-state index in [9.17, 15) is 5.26 Å². The van der Waals surface area contributed by atoms with E-state index in [0.717, 1.165) is 43.7 Å². The van der Waals surface area contributed by atoms with Crippen LogP contribution in [-0.4, -0.2) is 41.3 Å². The maximum absolute atomic E-state index is 9.75. The summed E-state index contributed by atoms with van der Waals surface area (Å²) in [6.07, 6.45) is 7.43. The monoisotopic (exact) mass is 426 g/mol. The van der Waals surface area contributed by atoms with E-state index in [0.29, 0.717) is 5.57 Å². The third kappa shape index (κ3) is 4.36. The lowest BCUT2D eigenvalue weighted by Crippen LogP contribution is -2.14. The maximum Gasteiger partial charge on any atom is 0.0998 e. The summed E-state index contributed by atoms with van der Waals surface area (Å²) in [5.74, 6) is 0.986. The third-order valence-corrected chi connectivity index (χ3v) is 5.52. The highest BCUT2D eigenvalue weighted by Crippen LogP contribution is 2.30. The second-order valence-electron chi connectivity index (χ2n) is 6.13. The smallest absolute Gasteiger partial charge is 0.0998 e. The van der Waals surface area contributed by atoms with Crippen molar-refractivity contribution in [1.82, 2.24) is 14.9 Å². The van der Waals surface area contributed by atoms with Gasteiger partial charge in [-0.25, -0.2) is 0 Å². The van der Waals surface area contributed by atoms with Gasteiger partial charge in [0.1, 0.15) is 0 Å². The lowest BCUT2D eigenvalue weighted by molar-refractivity contribution is 0.437. The highest BCUT2D eigenvalue weighted by molar-refractivity contribution is 9.10. The number of nitrogens with one attached hydrogen (secondary N) is 1. The SMILES string of the molecule is CN(C)CCSc1ccncc1C=C(C#N)c1c[nH]c2ccc(Br)cc12. The van der Waals surface area contributed by atoms with E-state index in [2.05, 4.69) is 51.0 Å². The van der Waals surface area contributed by atoms with Crippen molar-refractivity contribution in [1.29, 1.82) is 5.26 Å². The Bertz CT molecular complexity index is 985. The van der Waals surface area contributed by atoms with Crippen molar-refractivity contribution in [2.24, 2.45) is 0 Å². The molecule has 4 nitrogen and oxygen atoms in total. The molecular formula is C20H19BrN4S.